The van der Waals surface area contributed by atoms with Crippen molar-refractivity contribution in [1.82, 2.24) is 34.5 Å². The van der Waals surface area contributed by atoms with Crippen LogP contribution in [-0.4, -0.2) is 60.7 Å². The van der Waals surface area contributed by atoms with Gasteiger partial charge in [-0.3, -0.25) is 4.90 Å². The number of imidazole rings is 1. The van der Waals surface area contributed by atoms with E-state index in [4.69, 9.17) is 4.98 Å². The molecule has 0 unspecified atom stereocenters. The van der Waals surface area contributed by atoms with Crippen LogP contribution in [0.25, 0.3) is 11.3 Å². The number of fused-ring (bicyclic) bond motifs is 1. The van der Waals surface area contributed by atoms with Crippen molar-refractivity contribution in [3.63, 3.8) is 0 Å². The van der Waals surface area contributed by atoms with Gasteiger partial charge in [0.05, 0.1) is 11.4 Å². The minimum Gasteiger partial charge on any atom is -0.337 e. The largest absolute Gasteiger partial charge is 0.337 e. The van der Waals surface area contributed by atoms with Gasteiger partial charge >= 0.3 is 0 Å². The molecule has 5 rings (SSSR count). The molecule has 1 aliphatic rings. The summed E-state index contributed by atoms with van der Waals surface area (Å²) in [6.45, 7) is 4.55. The smallest absolute Gasteiger partial charge is 0.250 e. The first-order valence-corrected chi connectivity index (χ1v) is 9.10. The number of tetrazole rings is 1. The summed E-state index contributed by atoms with van der Waals surface area (Å²) >= 11 is 0. The molecule has 8 nitrogen and oxygen atoms in total. The number of nitrogens with zero attached hydrogens (tertiary/aromatic N) is 8. The second kappa shape index (κ2) is 6.81. The van der Waals surface area contributed by atoms with Crippen LogP contribution < -0.4 is 4.90 Å². The van der Waals surface area contributed by atoms with Crippen LogP contribution in [0.3, 0.4) is 0 Å². The van der Waals surface area contributed by atoms with E-state index in [1.54, 1.807) is 4.68 Å². The number of hydrogen-bond donors (Lipinski definition) is 0. The van der Waals surface area contributed by atoms with E-state index in [2.05, 4.69) is 35.9 Å². The van der Waals surface area contributed by atoms with Crippen molar-refractivity contribution in [2.75, 3.05) is 31.1 Å². The zero-order valence-corrected chi connectivity index (χ0v) is 14.9. The fourth-order valence-corrected chi connectivity index (χ4v) is 3.51. The number of benzene rings is 1. The van der Waals surface area contributed by atoms with Crippen LogP contribution in [0.1, 0.15) is 5.69 Å². The second-order valence-corrected chi connectivity index (χ2v) is 6.69. The maximum absolute atomic E-state index is 4.70. The molecule has 0 spiro atoms. The maximum atomic E-state index is 4.70. The highest BCUT2D eigenvalue weighted by Crippen LogP contribution is 2.18. The molecule has 3 aromatic heterocycles. The zero-order chi connectivity index (χ0) is 18.1. The van der Waals surface area contributed by atoms with E-state index < -0.39 is 0 Å². The SMILES string of the molecule is c1ccc(-n2nnnc2N2CCN(Cc3cn4ccccc4n3)CC2)cc1. The fourth-order valence-electron chi connectivity index (χ4n) is 3.51. The number of hydrogen-bond acceptors (Lipinski definition) is 6. The van der Waals surface area contributed by atoms with E-state index >= 15 is 0 Å². The molecule has 0 radical (unpaired) electrons. The zero-order valence-electron chi connectivity index (χ0n) is 14.9. The molecule has 4 aromatic rings. The molecule has 136 valence electrons. The summed E-state index contributed by atoms with van der Waals surface area (Å²) in [4.78, 5) is 9.37. The Balaban J connectivity index is 1.26. The van der Waals surface area contributed by atoms with Crippen molar-refractivity contribution in [2.24, 2.45) is 0 Å². The summed E-state index contributed by atoms with van der Waals surface area (Å²) in [5, 5.41) is 12.3. The number of aromatic nitrogens is 6. The molecular weight excluding hydrogens is 340 g/mol. The first kappa shape index (κ1) is 16.0. The lowest BCUT2D eigenvalue weighted by Crippen LogP contribution is -2.46. The second-order valence-electron chi connectivity index (χ2n) is 6.69. The Hall–Kier alpha value is -3.26. The third-order valence-electron chi connectivity index (χ3n) is 4.91. The van der Waals surface area contributed by atoms with Gasteiger partial charge in [0, 0.05) is 45.1 Å². The topological polar surface area (TPSA) is 67.4 Å². The van der Waals surface area contributed by atoms with Gasteiger partial charge < -0.3 is 9.30 Å². The Kier molecular flexibility index (Phi) is 4.02. The molecule has 1 aromatic carbocycles. The Morgan fingerprint density at radius 3 is 2.52 bits per heavy atom. The molecular formula is C19H20N8. The quantitative estimate of drug-likeness (QED) is 0.551. The minimum absolute atomic E-state index is 0.800. The normalized spacial score (nSPS) is 15.5. The molecule has 0 aliphatic carbocycles. The highest BCUT2D eigenvalue weighted by Gasteiger charge is 2.22. The number of para-hydroxylation sites is 1. The molecule has 1 saturated heterocycles. The molecule has 1 fully saturated rings. The molecule has 4 heterocycles. The molecule has 8 heteroatoms. The lowest BCUT2D eigenvalue weighted by atomic mass is 10.3. The number of anilines is 1. The predicted molar refractivity (Wildman–Crippen MR) is 102 cm³/mol. The number of pyridine rings is 1. The van der Waals surface area contributed by atoms with Crippen LogP contribution in [0.2, 0.25) is 0 Å². The summed E-state index contributed by atoms with van der Waals surface area (Å²) in [5.74, 6) is 0.800. The van der Waals surface area contributed by atoms with Crippen LogP contribution in [-0.2, 0) is 6.54 Å². The Morgan fingerprint density at radius 1 is 0.889 bits per heavy atom. The van der Waals surface area contributed by atoms with Crippen LogP contribution >= 0.6 is 0 Å². The van der Waals surface area contributed by atoms with Gasteiger partial charge in [-0.05, 0) is 34.7 Å². The van der Waals surface area contributed by atoms with Gasteiger partial charge in [0.25, 0.3) is 0 Å². The number of piperazine rings is 1. The maximum Gasteiger partial charge on any atom is 0.250 e. The van der Waals surface area contributed by atoms with Crippen LogP contribution in [0.15, 0.2) is 60.9 Å². The average Bonchev–Trinajstić information content (AvgIpc) is 3.36. The monoisotopic (exact) mass is 360 g/mol. The molecule has 0 atom stereocenters. The van der Waals surface area contributed by atoms with E-state index in [1.165, 1.54) is 0 Å². The van der Waals surface area contributed by atoms with Gasteiger partial charge in [-0.1, -0.05) is 29.4 Å². The van der Waals surface area contributed by atoms with Gasteiger partial charge in [-0.2, -0.15) is 4.68 Å². The van der Waals surface area contributed by atoms with Crippen LogP contribution in [0.4, 0.5) is 5.95 Å². The van der Waals surface area contributed by atoms with Gasteiger partial charge in [0.2, 0.25) is 5.95 Å². The summed E-state index contributed by atoms with van der Waals surface area (Å²) < 4.78 is 3.87. The van der Waals surface area contributed by atoms with Crippen molar-refractivity contribution in [3.8, 4) is 5.69 Å². The Labute approximate surface area is 156 Å². The average molecular weight is 360 g/mol. The van der Waals surface area contributed by atoms with Gasteiger partial charge in [-0.15, -0.1) is 0 Å². The summed E-state index contributed by atoms with van der Waals surface area (Å²) in [7, 11) is 0. The first-order valence-electron chi connectivity index (χ1n) is 9.10. The van der Waals surface area contributed by atoms with E-state index in [0.29, 0.717) is 0 Å². The van der Waals surface area contributed by atoms with Crippen molar-refractivity contribution in [3.05, 3.63) is 66.6 Å². The standard InChI is InChI=1S/C19H20N8/c1-2-6-17(7-3-1)27-19(21-22-23-27)25-12-10-24(11-13-25)14-16-15-26-9-5-4-8-18(26)20-16/h1-9,15H,10-14H2. The van der Waals surface area contributed by atoms with Gasteiger partial charge in [-0.25, -0.2) is 4.98 Å². The van der Waals surface area contributed by atoms with Crippen molar-refractivity contribution in [2.45, 2.75) is 6.54 Å². The lowest BCUT2D eigenvalue weighted by Gasteiger charge is -2.34. The first-order chi connectivity index (χ1) is 13.4. The lowest BCUT2D eigenvalue weighted by molar-refractivity contribution is 0.246. The summed E-state index contributed by atoms with van der Waals surface area (Å²) in [6.07, 6.45) is 4.14. The summed E-state index contributed by atoms with van der Waals surface area (Å²) in [6, 6.07) is 16.1. The predicted octanol–water partition coefficient (Wildman–Crippen LogP) is 1.63. The number of rotatable bonds is 4. The Morgan fingerprint density at radius 2 is 1.70 bits per heavy atom. The van der Waals surface area contributed by atoms with E-state index in [0.717, 1.165) is 55.7 Å². The van der Waals surface area contributed by atoms with Crippen molar-refractivity contribution >= 4 is 11.6 Å². The van der Waals surface area contributed by atoms with Crippen molar-refractivity contribution in [1.29, 1.82) is 0 Å². The molecule has 0 amide bonds. The molecule has 0 N–H and O–H groups in total. The summed E-state index contributed by atoms with van der Waals surface area (Å²) in [5.41, 5.74) is 3.07. The Bertz CT molecular complexity index is 997. The van der Waals surface area contributed by atoms with Gasteiger partial charge in [0.1, 0.15) is 5.65 Å². The van der Waals surface area contributed by atoms with Gasteiger partial charge in [0.15, 0.2) is 0 Å². The molecule has 0 saturated carbocycles. The minimum atomic E-state index is 0.800. The highest BCUT2D eigenvalue weighted by atomic mass is 15.6. The third-order valence-corrected chi connectivity index (χ3v) is 4.91. The molecule has 0 bridgehead atoms. The van der Waals surface area contributed by atoms with Crippen LogP contribution in [0.5, 0.6) is 0 Å². The fraction of sp³-hybridized carbons (Fsp3) is 0.263. The van der Waals surface area contributed by atoms with E-state index in [9.17, 15) is 0 Å². The van der Waals surface area contributed by atoms with Crippen LogP contribution in [0, 0.1) is 0 Å². The van der Waals surface area contributed by atoms with Crippen molar-refractivity contribution < 1.29 is 0 Å². The molecule has 1 aliphatic heterocycles. The molecule has 27 heavy (non-hydrogen) atoms. The van der Waals surface area contributed by atoms with E-state index in [1.807, 2.05) is 54.7 Å². The highest BCUT2D eigenvalue weighted by molar-refractivity contribution is 5.41. The third kappa shape index (κ3) is 3.15. The van der Waals surface area contributed by atoms with E-state index in [-0.39, 0.29) is 0 Å².